The minimum absolute atomic E-state index is 0.0881. The Morgan fingerprint density at radius 3 is 2.82 bits per heavy atom. The maximum atomic E-state index is 12.6. The fourth-order valence-corrected chi connectivity index (χ4v) is 2.99. The van der Waals surface area contributed by atoms with E-state index in [1.165, 1.54) is 0 Å². The van der Waals surface area contributed by atoms with E-state index in [1.54, 1.807) is 6.26 Å². The number of amides is 1. The standard InChI is InChI=1S/C18H21NO3/c1-2-21-15-9-7-14(8-10-15)13-18(20)19-11-3-5-16(19)17-6-4-12-22-17/h4,6-10,12,16H,2-3,5,11,13H2,1H3. The van der Waals surface area contributed by atoms with Crippen LogP contribution in [0.5, 0.6) is 5.75 Å². The van der Waals surface area contributed by atoms with Crippen molar-refractivity contribution in [2.24, 2.45) is 0 Å². The SMILES string of the molecule is CCOc1ccc(CC(=O)N2CCCC2c2ccco2)cc1. The summed E-state index contributed by atoms with van der Waals surface area (Å²) in [4.78, 5) is 14.5. The molecule has 1 amide bonds. The average Bonchev–Trinajstić information content (AvgIpc) is 3.20. The number of hydrogen-bond donors (Lipinski definition) is 0. The minimum Gasteiger partial charge on any atom is -0.494 e. The molecular formula is C18H21NO3. The van der Waals surface area contributed by atoms with Gasteiger partial charge >= 0.3 is 0 Å². The van der Waals surface area contributed by atoms with Crippen LogP contribution in [-0.2, 0) is 11.2 Å². The summed E-state index contributed by atoms with van der Waals surface area (Å²) in [5.74, 6) is 1.88. The van der Waals surface area contributed by atoms with E-state index < -0.39 is 0 Å². The van der Waals surface area contributed by atoms with Crippen LogP contribution in [0.3, 0.4) is 0 Å². The lowest BCUT2D eigenvalue weighted by atomic mass is 10.1. The molecule has 1 unspecified atom stereocenters. The van der Waals surface area contributed by atoms with Crippen molar-refractivity contribution < 1.29 is 13.9 Å². The van der Waals surface area contributed by atoms with E-state index in [4.69, 9.17) is 9.15 Å². The zero-order valence-corrected chi connectivity index (χ0v) is 12.8. The molecule has 1 aromatic heterocycles. The van der Waals surface area contributed by atoms with Gasteiger partial charge in [0.05, 0.1) is 25.3 Å². The number of carbonyl (C=O) groups excluding carboxylic acids is 1. The zero-order valence-electron chi connectivity index (χ0n) is 12.8. The van der Waals surface area contributed by atoms with Crippen LogP contribution in [0.25, 0.3) is 0 Å². The van der Waals surface area contributed by atoms with Crippen LogP contribution in [-0.4, -0.2) is 24.0 Å². The summed E-state index contributed by atoms with van der Waals surface area (Å²) in [7, 11) is 0. The Hall–Kier alpha value is -2.23. The smallest absolute Gasteiger partial charge is 0.227 e. The van der Waals surface area contributed by atoms with Gasteiger partial charge in [0.1, 0.15) is 11.5 Å². The highest BCUT2D eigenvalue weighted by molar-refractivity contribution is 5.79. The summed E-state index contributed by atoms with van der Waals surface area (Å²) < 4.78 is 10.9. The van der Waals surface area contributed by atoms with Crippen LogP contribution in [0.15, 0.2) is 47.1 Å². The molecule has 1 atom stereocenters. The molecule has 3 rings (SSSR count). The second kappa shape index (κ2) is 6.69. The summed E-state index contributed by atoms with van der Waals surface area (Å²) >= 11 is 0. The Kier molecular flexibility index (Phi) is 4.47. The first kappa shape index (κ1) is 14.7. The molecule has 22 heavy (non-hydrogen) atoms. The second-order valence-electron chi connectivity index (χ2n) is 5.51. The van der Waals surface area contributed by atoms with Crippen molar-refractivity contribution in [1.29, 1.82) is 0 Å². The Balaban J connectivity index is 1.66. The Labute approximate surface area is 130 Å². The predicted molar refractivity (Wildman–Crippen MR) is 83.7 cm³/mol. The molecule has 1 aromatic carbocycles. The number of furan rings is 1. The number of carbonyl (C=O) groups is 1. The molecule has 0 radical (unpaired) electrons. The monoisotopic (exact) mass is 299 g/mol. The predicted octanol–water partition coefficient (Wildman–Crippen LogP) is 3.58. The topological polar surface area (TPSA) is 42.7 Å². The van der Waals surface area contributed by atoms with Gasteiger partial charge < -0.3 is 14.1 Å². The van der Waals surface area contributed by atoms with Crippen molar-refractivity contribution in [3.8, 4) is 5.75 Å². The molecule has 0 spiro atoms. The lowest BCUT2D eigenvalue weighted by Gasteiger charge is -2.23. The van der Waals surface area contributed by atoms with Gasteiger partial charge in [0, 0.05) is 6.54 Å². The maximum absolute atomic E-state index is 12.6. The molecule has 4 nitrogen and oxygen atoms in total. The van der Waals surface area contributed by atoms with Crippen LogP contribution < -0.4 is 4.74 Å². The van der Waals surface area contributed by atoms with Gasteiger partial charge in [0.2, 0.25) is 5.91 Å². The fourth-order valence-electron chi connectivity index (χ4n) is 2.99. The first-order chi connectivity index (χ1) is 10.8. The van der Waals surface area contributed by atoms with Gasteiger partial charge in [0.25, 0.3) is 0 Å². The zero-order chi connectivity index (χ0) is 15.4. The first-order valence-electron chi connectivity index (χ1n) is 7.82. The van der Waals surface area contributed by atoms with Gasteiger partial charge in [-0.1, -0.05) is 12.1 Å². The van der Waals surface area contributed by atoms with E-state index in [0.717, 1.165) is 36.5 Å². The molecule has 0 aliphatic carbocycles. The van der Waals surface area contributed by atoms with Crippen molar-refractivity contribution in [3.63, 3.8) is 0 Å². The van der Waals surface area contributed by atoms with Gasteiger partial charge in [0.15, 0.2) is 0 Å². The molecule has 0 saturated carbocycles. The molecule has 1 saturated heterocycles. The van der Waals surface area contributed by atoms with Crippen molar-refractivity contribution in [2.75, 3.05) is 13.2 Å². The summed E-state index contributed by atoms with van der Waals surface area (Å²) in [5.41, 5.74) is 1.01. The molecule has 1 fully saturated rings. The molecule has 1 aliphatic heterocycles. The van der Waals surface area contributed by atoms with E-state index in [0.29, 0.717) is 13.0 Å². The van der Waals surface area contributed by atoms with Crippen molar-refractivity contribution in [1.82, 2.24) is 4.90 Å². The van der Waals surface area contributed by atoms with Crippen LogP contribution in [0.1, 0.15) is 37.1 Å². The van der Waals surface area contributed by atoms with Gasteiger partial charge in [-0.25, -0.2) is 0 Å². The molecule has 2 heterocycles. The largest absolute Gasteiger partial charge is 0.494 e. The highest BCUT2D eigenvalue weighted by Crippen LogP contribution is 2.32. The van der Waals surface area contributed by atoms with Crippen LogP contribution in [0, 0.1) is 0 Å². The number of benzene rings is 1. The van der Waals surface area contributed by atoms with E-state index in [2.05, 4.69) is 0 Å². The Morgan fingerprint density at radius 1 is 1.32 bits per heavy atom. The normalized spacial score (nSPS) is 17.7. The summed E-state index contributed by atoms with van der Waals surface area (Å²) in [6.07, 6.45) is 4.09. The number of rotatable bonds is 5. The number of nitrogens with zero attached hydrogens (tertiary/aromatic N) is 1. The second-order valence-corrected chi connectivity index (χ2v) is 5.51. The minimum atomic E-state index is 0.0881. The third-order valence-corrected chi connectivity index (χ3v) is 4.03. The van der Waals surface area contributed by atoms with Gasteiger partial charge in [-0.15, -0.1) is 0 Å². The van der Waals surface area contributed by atoms with Gasteiger partial charge in [-0.05, 0) is 49.6 Å². The average molecular weight is 299 g/mol. The lowest BCUT2D eigenvalue weighted by molar-refractivity contribution is -0.131. The van der Waals surface area contributed by atoms with E-state index in [1.807, 2.05) is 48.2 Å². The number of hydrogen-bond acceptors (Lipinski definition) is 3. The van der Waals surface area contributed by atoms with E-state index >= 15 is 0 Å². The first-order valence-corrected chi connectivity index (χ1v) is 7.82. The molecule has 4 heteroatoms. The number of ether oxygens (including phenoxy) is 1. The van der Waals surface area contributed by atoms with Crippen LogP contribution in [0.2, 0.25) is 0 Å². The lowest BCUT2D eigenvalue weighted by Crippen LogP contribution is -2.31. The van der Waals surface area contributed by atoms with E-state index in [9.17, 15) is 4.79 Å². The highest BCUT2D eigenvalue weighted by Gasteiger charge is 2.31. The summed E-state index contributed by atoms with van der Waals surface area (Å²) in [5, 5.41) is 0. The molecular weight excluding hydrogens is 278 g/mol. The molecule has 0 bridgehead atoms. The maximum Gasteiger partial charge on any atom is 0.227 e. The van der Waals surface area contributed by atoms with Crippen LogP contribution >= 0.6 is 0 Å². The van der Waals surface area contributed by atoms with Gasteiger partial charge in [-0.3, -0.25) is 4.79 Å². The highest BCUT2D eigenvalue weighted by atomic mass is 16.5. The quantitative estimate of drug-likeness (QED) is 0.847. The molecule has 116 valence electrons. The third kappa shape index (κ3) is 3.16. The van der Waals surface area contributed by atoms with E-state index in [-0.39, 0.29) is 11.9 Å². The molecule has 0 N–H and O–H groups in total. The molecule has 2 aromatic rings. The van der Waals surface area contributed by atoms with Crippen molar-refractivity contribution >= 4 is 5.91 Å². The van der Waals surface area contributed by atoms with Crippen molar-refractivity contribution in [2.45, 2.75) is 32.2 Å². The van der Waals surface area contributed by atoms with Gasteiger partial charge in [-0.2, -0.15) is 0 Å². The van der Waals surface area contributed by atoms with Crippen LogP contribution in [0.4, 0.5) is 0 Å². The fraction of sp³-hybridized carbons (Fsp3) is 0.389. The number of likely N-dealkylation sites (tertiary alicyclic amines) is 1. The van der Waals surface area contributed by atoms with Crippen molar-refractivity contribution in [3.05, 3.63) is 54.0 Å². The molecule has 1 aliphatic rings. The Bertz CT molecular complexity index is 604. The summed E-state index contributed by atoms with van der Waals surface area (Å²) in [6.45, 7) is 3.41. The third-order valence-electron chi connectivity index (χ3n) is 4.03. The Morgan fingerprint density at radius 2 is 2.14 bits per heavy atom. The summed E-state index contributed by atoms with van der Waals surface area (Å²) in [6, 6.07) is 11.7.